The van der Waals surface area contributed by atoms with E-state index in [0.717, 1.165) is 36.7 Å². The fourth-order valence-electron chi connectivity index (χ4n) is 2.77. The van der Waals surface area contributed by atoms with E-state index >= 15 is 0 Å². The first-order chi connectivity index (χ1) is 11.8. The standard InChI is InChI=1S/C17H17N7/c18-12-4-8-24(11-12)16-9-14(13-3-1-2-5-20-13)22-17(23-16)15-10-19-6-7-21-15/h1-3,5-7,9-10,12H,4,8,11,18H2. The molecule has 3 aromatic heterocycles. The molecule has 0 amide bonds. The van der Waals surface area contributed by atoms with Gasteiger partial charge in [-0.15, -0.1) is 0 Å². The Morgan fingerprint density at radius 2 is 1.92 bits per heavy atom. The molecule has 24 heavy (non-hydrogen) atoms. The number of rotatable bonds is 3. The predicted octanol–water partition coefficient (Wildman–Crippen LogP) is 1.53. The first kappa shape index (κ1) is 14.6. The largest absolute Gasteiger partial charge is 0.355 e. The molecular formula is C17H17N7. The average Bonchev–Trinajstić information content (AvgIpc) is 3.09. The summed E-state index contributed by atoms with van der Waals surface area (Å²) in [5.74, 6) is 1.39. The van der Waals surface area contributed by atoms with E-state index < -0.39 is 0 Å². The monoisotopic (exact) mass is 319 g/mol. The maximum Gasteiger partial charge on any atom is 0.182 e. The lowest BCUT2D eigenvalue weighted by Gasteiger charge is -2.18. The molecule has 0 radical (unpaired) electrons. The maximum absolute atomic E-state index is 6.04. The topological polar surface area (TPSA) is 93.7 Å². The fraction of sp³-hybridized carbons (Fsp3) is 0.235. The Morgan fingerprint density at radius 1 is 1.00 bits per heavy atom. The zero-order chi connectivity index (χ0) is 16.4. The highest BCUT2D eigenvalue weighted by Gasteiger charge is 2.22. The maximum atomic E-state index is 6.04. The molecule has 4 heterocycles. The van der Waals surface area contributed by atoms with Crippen molar-refractivity contribution in [2.45, 2.75) is 12.5 Å². The first-order valence-corrected chi connectivity index (χ1v) is 7.87. The van der Waals surface area contributed by atoms with Crippen molar-refractivity contribution in [2.24, 2.45) is 5.73 Å². The Morgan fingerprint density at radius 3 is 2.62 bits per heavy atom. The molecule has 2 N–H and O–H groups in total. The van der Waals surface area contributed by atoms with Crippen LogP contribution in [0.3, 0.4) is 0 Å². The van der Waals surface area contributed by atoms with Gasteiger partial charge in [0.1, 0.15) is 11.5 Å². The highest BCUT2D eigenvalue weighted by molar-refractivity contribution is 5.64. The third-order valence-electron chi connectivity index (χ3n) is 3.98. The van der Waals surface area contributed by atoms with Crippen molar-refractivity contribution in [3.05, 3.63) is 49.1 Å². The molecule has 0 aliphatic carbocycles. The molecule has 1 atom stereocenters. The van der Waals surface area contributed by atoms with Crippen LogP contribution in [0.15, 0.2) is 49.1 Å². The molecule has 1 unspecified atom stereocenters. The fourth-order valence-corrected chi connectivity index (χ4v) is 2.77. The van der Waals surface area contributed by atoms with Crippen LogP contribution in [0.1, 0.15) is 6.42 Å². The minimum Gasteiger partial charge on any atom is -0.355 e. The molecule has 1 aliphatic rings. The molecule has 0 aromatic carbocycles. The normalized spacial score (nSPS) is 17.2. The van der Waals surface area contributed by atoms with Gasteiger partial charge in [-0.1, -0.05) is 6.07 Å². The summed E-state index contributed by atoms with van der Waals surface area (Å²) in [6.07, 6.45) is 7.65. The lowest BCUT2D eigenvalue weighted by Crippen LogP contribution is -2.27. The Hall–Kier alpha value is -2.93. The minimum absolute atomic E-state index is 0.179. The highest BCUT2D eigenvalue weighted by Crippen LogP contribution is 2.25. The van der Waals surface area contributed by atoms with Crippen LogP contribution in [0, 0.1) is 0 Å². The third-order valence-corrected chi connectivity index (χ3v) is 3.98. The van der Waals surface area contributed by atoms with Gasteiger partial charge in [-0.3, -0.25) is 9.97 Å². The van der Waals surface area contributed by atoms with Gasteiger partial charge in [0, 0.05) is 43.8 Å². The van der Waals surface area contributed by atoms with Crippen LogP contribution < -0.4 is 10.6 Å². The molecule has 0 spiro atoms. The lowest BCUT2D eigenvalue weighted by atomic mass is 10.2. The Balaban J connectivity index is 1.82. The molecule has 7 nitrogen and oxygen atoms in total. The second kappa shape index (κ2) is 6.29. The van der Waals surface area contributed by atoms with Crippen LogP contribution in [-0.4, -0.2) is 44.1 Å². The van der Waals surface area contributed by atoms with Crippen molar-refractivity contribution in [3.8, 4) is 22.9 Å². The van der Waals surface area contributed by atoms with Gasteiger partial charge < -0.3 is 10.6 Å². The molecular weight excluding hydrogens is 302 g/mol. The minimum atomic E-state index is 0.179. The molecule has 7 heteroatoms. The Kier molecular flexibility index (Phi) is 3.84. The first-order valence-electron chi connectivity index (χ1n) is 7.87. The number of nitrogens with zero attached hydrogens (tertiary/aromatic N) is 6. The summed E-state index contributed by atoms with van der Waals surface area (Å²) in [5, 5.41) is 0. The molecule has 4 rings (SSSR count). The van der Waals surface area contributed by atoms with E-state index in [-0.39, 0.29) is 6.04 Å². The SMILES string of the molecule is NC1CCN(c2cc(-c3ccccn3)nc(-c3cnccn3)n2)C1. The summed E-state index contributed by atoms with van der Waals surface area (Å²) >= 11 is 0. The van der Waals surface area contributed by atoms with E-state index in [1.54, 1.807) is 24.8 Å². The van der Waals surface area contributed by atoms with Crippen LogP contribution in [0.4, 0.5) is 5.82 Å². The van der Waals surface area contributed by atoms with Crippen molar-refractivity contribution >= 4 is 5.82 Å². The third kappa shape index (κ3) is 2.93. The number of anilines is 1. The van der Waals surface area contributed by atoms with Crippen molar-refractivity contribution in [1.29, 1.82) is 0 Å². The van der Waals surface area contributed by atoms with Crippen LogP contribution in [-0.2, 0) is 0 Å². The zero-order valence-corrected chi connectivity index (χ0v) is 13.1. The highest BCUT2D eigenvalue weighted by atomic mass is 15.2. The molecule has 1 saturated heterocycles. The van der Waals surface area contributed by atoms with Gasteiger partial charge >= 0.3 is 0 Å². The van der Waals surface area contributed by atoms with Gasteiger partial charge in [0.25, 0.3) is 0 Å². The van der Waals surface area contributed by atoms with Crippen LogP contribution in [0.25, 0.3) is 22.9 Å². The van der Waals surface area contributed by atoms with Crippen LogP contribution >= 0.6 is 0 Å². The van der Waals surface area contributed by atoms with E-state index in [9.17, 15) is 0 Å². The number of hydrogen-bond acceptors (Lipinski definition) is 7. The van der Waals surface area contributed by atoms with Gasteiger partial charge in [0.2, 0.25) is 0 Å². The molecule has 1 aliphatic heterocycles. The molecule has 0 bridgehead atoms. The Bertz CT molecular complexity index is 765. The summed E-state index contributed by atoms with van der Waals surface area (Å²) in [6, 6.07) is 7.90. The van der Waals surface area contributed by atoms with Gasteiger partial charge in [-0.05, 0) is 18.6 Å². The van der Waals surface area contributed by atoms with E-state index in [1.807, 2.05) is 24.3 Å². The van der Waals surface area contributed by atoms with E-state index in [4.69, 9.17) is 5.73 Å². The van der Waals surface area contributed by atoms with E-state index in [2.05, 4.69) is 29.8 Å². The van der Waals surface area contributed by atoms with Crippen LogP contribution in [0.2, 0.25) is 0 Å². The van der Waals surface area contributed by atoms with Gasteiger partial charge in [0.05, 0.1) is 17.6 Å². The van der Waals surface area contributed by atoms with Crippen LogP contribution in [0.5, 0.6) is 0 Å². The zero-order valence-electron chi connectivity index (χ0n) is 13.1. The summed E-state index contributed by atoms with van der Waals surface area (Å²) in [7, 11) is 0. The molecule has 3 aromatic rings. The van der Waals surface area contributed by atoms with Gasteiger partial charge in [-0.25, -0.2) is 15.0 Å². The van der Waals surface area contributed by atoms with Gasteiger partial charge in [0.15, 0.2) is 5.82 Å². The van der Waals surface area contributed by atoms with Crippen molar-refractivity contribution in [1.82, 2.24) is 24.9 Å². The second-order valence-electron chi connectivity index (χ2n) is 5.74. The number of pyridine rings is 1. The number of nitrogens with two attached hydrogens (primary N) is 1. The smallest absolute Gasteiger partial charge is 0.182 e. The Labute approximate surface area is 139 Å². The molecule has 120 valence electrons. The molecule has 1 fully saturated rings. The summed E-state index contributed by atoms with van der Waals surface area (Å²) in [4.78, 5) is 24.3. The number of hydrogen-bond donors (Lipinski definition) is 1. The van der Waals surface area contributed by atoms with Crippen molar-refractivity contribution < 1.29 is 0 Å². The summed E-state index contributed by atoms with van der Waals surface area (Å²) < 4.78 is 0. The quantitative estimate of drug-likeness (QED) is 0.782. The average molecular weight is 319 g/mol. The summed E-state index contributed by atoms with van der Waals surface area (Å²) in [6.45, 7) is 1.68. The van der Waals surface area contributed by atoms with E-state index in [0.29, 0.717) is 11.5 Å². The van der Waals surface area contributed by atoms with E-state index in [1.165, 1.54) is 0 Å². The lowest BCUT2D eigenvalue weighted by molar-refractivity contribution is 0.751. The molecule has 0 saturated carbocycles. The van der Waals surface area contributed by atoms with Crippen molar-refractivity contribution in [3.63, 3.8) is 0 Å². The summed E-state index contributed by atoms with van der Waals surface area (Å²) in [5.41, 5.74) is 8.25. The predicted molar refractivity (Wildman–Crippen MR) is 91.1 cm³/mol. The van der Waals surface area contributed by atoms with Crippen molar-refractivity contribution in [2.75, 3.05) is 18.0 Å². The second-order valence-corrected chi connectivity index (χ2v) is 5.74. The number of aromatic nitrogens is 5. The van der Waals surface area contributed by atoms with Gasteiger partial charge in [-0.2, -0.15) is 0 Å².